The first-order valence-electron chi connectivity index (χ1n) is 9.37. The van der Waals surface area contributed by atoms with E-state index in [-0.39, 0.29) is 5.88 Å². The summed E-state index contributed by atoms with van der Waals surface area (Å²) in [4.78, 5) is 18.0. The molecule has 1 saturated heterocycles. The Morgan fingerprint density at radius 2 is 1.89 bits per heavy atom. The van der Waals surface area contributed by atoms with E-state index in [2.05, 4.69) is 24.8 Å². The molecule has 4 aromatic rings. The molecular formula is C20H21N5O2S. The molecule has 1 aliphatic rings. The van der Waals surface area contributed by atoms with Crippen molar-refractivity contribution in [1.82, 2.24) is 24.8 Å². The fourth-order valence-corrected chi connectivity index (χ4v) is 4.42. The number of hydrogen-bond donors (Lipinski definition) is 3. The molecule has 1 aliphatic heterocycles. The Hall–Kier alpha value is -2.55. The Kier molecular flexibility index (Phi) is 4.67. The molecule has 3 aromatic heterocycles. The van der Waals surface area contributed by atoms with Gasteiger partial charge in [-0.05, 0) is 18.2 Å². The highest BCUT2D eigenvalue weighted by Gasteiger charge is 2.17. The van der Waals surface area contributed by atoms with Crippen LogP contribution in [0.1, 0.15) is 0 Å². The number of aromatic hydroxyl groups is 1. The molecule has 0 atom stereocenters. The van der Waals surface area contributed by atoms with Gasteiger partial charge in [0.1, 0.15) is 5.82 Å². The standard InChI is InChI=1S/C20H21N5O2S/c26-20-17(13-3-1-2-4-14(13)22-20)19-21-15-5-6-16(23-18(15)24-19)28-12-9-25-7-10-27-11-8-25/h1-6,22,26H,7-12H2,(H,21,23,24). The number of para-hydroxylation sites is 1. The molecule has 5 rings (SSSR count). The Bertz CT molecular complexity index is 1120. The van der Waals surface area contributed by atoms with Gasteiger partial charge in [0.2, 0.25) is 5.88 Å². The number of ether oxygens (including phenoxy) is 1. The van der Waals surface area contributed by atoms with Gasteiger partial charge in [-0.3, -0.25) is 4.90 Å². The van der Waals surface area contributed by atoms with Crippen LogP contribution < -0.4 is 0 Å². The van der Waals surface area contributed by atoms with E-state index in [1.807, 2.05) is 36.4 Å². The fourth-order valence-electron chi connectivity index (χ4n) is 3.55. The first-order valence-corrected chi connectivity index (χ1v) is 10.4. The Morgan fingerprint density at radius 3 is 2.79 bits per heavy atom. The van der Waals surface area contributed by atoms with Crippen molar-refractivity contribution in [2.45, 2.75) is 5.03 Å². The first kappa shape index (κ1) is 17.5. The third kappa shape index (κ3) is 3.34. The third-order valence-electron chi connectivity index (χ3n) is 5.00. The zero-order valence-corrected chi connectivity index (χ0v) is 16.1. The lowest BCUT2D eigenvalue weighted by Crippen LogP contribution is -2.37. The van der Waals surface area contributed by atoms with Gasteiger partial charge in [0.25, 0.3) is 0 Å². The number of hydrogen-bond acceptors (Lipinski definition) is 6. The molecular weight excluding hydrogens is 374 g/mol. The van der Waals surface area contributed by atoms with Gasteiger partial charge in [-0.25, -0.2) is 9.97 Å². The number of rotatable bonds is 5. The van der Waals surface area contributed by atoms with E-state index in [0.717, 1.165) is 60.0 Å². The zero-order valence-electron chi connectivity index (χ0n) is 15.3. The van der Waals surface area contributed by atoms with Crippen molar-refractivity contribution in [3.8, 4) is 17.3 Å². The largest absolute Gasteiger partial charge is 0.494 e. The van der Waals surface area contributed by atoms with E-state index in [0.29, 0.717) is 17.0 Å². The van der Waals surface area contributed by atoms with Gasteiger partial charge in [-0.1, -0.05) is 18.2 Å². The van der Waals surface area contributed by atoms with E-state index < -0.39 is 0 Å². The third-order valence-corrected chi connectivity index (χ3v) is 5.91. The summed E-state index contributed by atoms with van der Waals surface area (Å²) in [5, 5.41) is 12.2. The van der Waals surface area contributed by atoms with E-state index >= 15 is 0 Å². The highest BCUT2D eigenvalue weighted by Crippen LogP contribution is 2.35. The number of benzene rings is 1. The molecule has 0 bridgehead atoms. The zero-order chi connectivity index (χ0) is 18.9. The molecule has 0 unspecified atom stereocenters. The van der Waals surface area contributed by atoms with Gasteiger partial charge in [0.15, 0.2) is 5.65 Å². The summed E-state index contributed by atoms with van der Waals surface area (Å²) >= 11 is 1.74. The predicted octanol–water partition coefficient (Wildman–Crippen LogP) is 3.24. The highest BCUT2D eigenvalue weighted by atomic mass is 32.2. The normalized spacial score (nSPS) is 15.6. The van der Waals surface area contributed by atoms with Crippen LogP contribution in [0.15, 0.2) is 41.4 Å². The molecule has 1 aromatic carbocycles. The van der Waals surface area contributed by atoms with Crippen molar-refractivity contribution in [1.29, 1.82) is 0 Å². The van der Waals surface area contributed by atoms with Crippen molar-refractivity contribution in [3.05, 3.63) is 36.4 Å². The number of fused-ring (bicyclic) bond motifs is 2. The minimum Gasteiger partial charge on any atom is -0.494 e. The van der Waals surface area contributed by atoms with Gasteiger partial charge in [-0.15, -0.1) is 11.8 Å². The molecule has 7 nitrogen and oxygen atoms in total. The Labute approximate surface area is 166 Å². The molecule has 0 amide bonds. The summed E-state index contributed by atoms with van der Waals surface area (Å²) in [6.07, 6.45) is 0. The molecule has 1 fully saturated rings. The Morgan fingerprint density at radius 1 is 1.04 bits per heavy atom. The number of nitrogens with one attached hydrogen (secondary N) is 2. The minimum absolute atomic E-state index is 0.111. The number of morpholine rings is 1. The number of pyridine rings is 1. The van der Waals surface area contributed by atoms with Gasteiger partial charge in [0.05, 0.1) is 29.3 Å². The number of H-pyrrole nitrogens is 2. The number of imidazole rings is 1. The van der Waals surface area contributed by atoms with E-state index in [4.69, 9.17) is 4.74 Å². The van der Waals surface area contributed by atoms with Crippen LogP contribution in [0.3, 0.4) is 0 Å². The monoisotopic (exact) mass is 395 g/mol. The molecule has 0 saturated carbocycles. The van der Waals surface area contributed by atoms with E-state index in [1.165, 1.54) is 0 Å². The number of aromatic nitrogens is 4. The SMILES string of the molecule is Oc1[nH]c2ccccc2c1-c1nc2nc(SCCN3CCOCC3)ccc2[nH]1. The molecule has 0 radical (unpaired) electrons. The number of thioether (sulfide) groups is 1. The topological polar surface area (TPSA) is 90.1 Å². The maximum atomic E-state index is 10.4. The molecule has 144 valence electrons. The predicted molar refractivity (Wildman–Crippen MR) is 111 cm³/mol. The van der Waals surface area contributed by atoms with Crippen LogP contribution >= 0.6 is 11.8 Å². The second-order valence-corrected chi connectivity index (χ2v) is 7.92. The molecule has 8 heteroatoms. The Balaban J connectivity index is 1.37. The molecule has 28 heavy (non-hydrogen) atoms. The molecule has 3 N–H and O–H groups in total. The quantitative estimate of drug-likeness (QED) is 0.450. The molecule has 0 aliphatic carbocycles. The summed E-state index contributed by atoms with van der Waals surface area (Å²) in [6.45, 7) is 4.69. The summed E-state index contributed by atoms with van der Waals surface area (Å²) in [6, 6.07) is 11.8. The number of nitrogens with zero attached hydrogens (tertiary/aromatic N) is 3. The van der Waals surface area contributed by atoms with Gasteiger partial charge < -0.3 is 19.8 Å². The highest BCUT2D eigenvalue weighted by molar-refractivity contribution is 7.99. The van der Waals surface area contributed by atoms with E-state index in [1.54, 1.807) is 11.8 Å². The van der Waals surface area contributed by atoms with Crippen molar-refractivity contribution in [2.75, 3.05) is 38.6 Å². The number of aromatic amines is 2. The average Bonchev–Trinajstić information content (AvgIpc) is 3.27. The van der Waals surface area contributed by atoms with E-state index in [9.17, 15) is 5.11 Å². The second kappa shape index (κ2) is 7.46. The molecule has 0 spiro atoms. The fraction of sp³-hybridized carbons (Fsp3) is 0.300. The van der Waals surface area contributed by atoms with Crippen LogP contribution in [-0.2, 0) is 4.74 Å². The lowest BCUT2D eigenvalue weighted by molar-refractivity contribution is 0.0410. The minimum atomic E-state index is 0.111. The van der Waals surface area contributed by atoms with Crippen LogP contribution in [0.4, 0.5) is 0 Å². The maximum Gasteiger partial charge on any atom is 0.200 e. The van der Waals surface area contributed by atoms with Gasteiger partial charge >= 0.3 is 0 Å². The summed E-state index contributed by atoms with van der Waals surface area (Å²) < 4.78 is 5.39. The van der Waals surface area contributed by atoms with Crippen LogP contribution in [-0.4, -0.2) is 68.5 Å². The summed E-state index contributed by atoms with van der Waals surface area (Å²) in [5.41, 5.74) is 3.08. The van der Waals surface area contributed by atoms with Gasteiger partial charge in [0, 0.05) is 36.3 Å². The smallest absolute Gasteiger partial charge is 0.200 e. The van der Waals surface area contributed by atoms with Crippen LogP contribution in [0, 0.1) is 0 Å². The average molecular weight is 395 g/mol. The van der Waals surface area contributed by atoms with Crippen LogP contribution in [0.2, 0.25) is 0 Å². The van der Waals surface area contributed by atoms with Crippen LogP contribution in [0.25, 0.3) is 33.5 Å². The van der Waals surface area contributed by atoms with Crippen molar-refractivity contribution in [3.63, 3.8) is 0 Å². The van der Waals surface area contributed by atoms with Crippen molar-refractivity contribution in [2.24, 2.45) is 0 Å². The van der Waals surface area contributed by atoms with Crippen molar-refractivity contribution < 1.29 is 9.84 Å². The second-order valence-electron chi connectivity index (χ2n) is 6.80. The maximum absolute atomic E-state index is 10.4. The van der Waals surface area contributed by atoms with Crippen LogP contribution in [0.5, 0.6) is 5.88 Å². The first-order chi connectivity index (χ1) is 13.8. The summed E-state index contributed by atoms with van der Waals surface area (Å²) in [7, 11) is 0. The molecule has 4 heterocycles. The lowest BCUT2D eigenvalue weighted by Gasteiger charge is -2.26. The van der Waals surface area contributed by atoms with Crippen molar-refractivity contribution >= 4 is 33.8 Å². The van der Waals surface area contributed by atoms with Gasteiger partial charge in [-0.2, -0.15) is 0 Å². The lowest BCUT2D eigenvalue weighted by atomic mass is 10.1. The summed E-state index contributed by atoms with van der Waals surface area (Å²) in [5.74, 6) is 1.72.